The van der Waals surface area contributed by atoms with Crippen molar-refractivity contribution in [1.29, 1.82) is 0 Å². The van der Waals surface area contributed by atoms with Crippen LogP contribution in [0.2, 0.25) is 0 Å². The fourth-order valence-corrected chi connectivity index (χ4v) is 2.57. The molecule has 0 aliphatic rings. The highest BCUT2D eigenvalue weighted by Crippen LogP contribution is 2.21. The lowest BCUT2D eigenvalue weighted by Crippen LogP contribution is -2.38. The Morgan fingerprint density at radius 3 is 2.43 bits per heavy atom. The molecular weight excluding hydrogens is 286 g/mol. The zero-order valence-corrected chi connectivity index (χ0v) is 14.3. The Morgan fingerprint density at radius 2 is 1.83 bits per heavy atom. The van der Waals surface area contributed by atoms with E-state index in [9.17, 15) is 4.79 Å². The molecule has 0 aliphatic carbocycles. The lowest BCUT2D eigenvalue weighted by Gasteiger charge is -2.21. The van der Waals surface area contributed by atoms with Gasteiger partial charge in [-0.3, -0.25) is 4.79 Å². The number of ether oxygens (including phenoxy) is 1. The highest BCUT2D eigenvalue weighted by Gasteiger charge is 2.19. The number of hydrogen-bond donors (Lipinski definition) is 1. The monoisotopic (exact) mass is 311 g/mol. The van der Waals surface area contributed by atoms with Gasteiger partial charge in [-0.2, -0.15) is 0 Å². The summed E-state index contributed by atoms with van der Waals surface area (Å²) in [7, 11) is 0. The van der Waals surface area contributed by atoms with Gasteiger partial charge in [0, 0.05) is 0 Å². The molecule has 2 rings (SSSR count). The van der Waals surface area contributed by atoms with E-state index in [1.165, 1.54) is 5.56 Å². The van der Waals surface area contributed by atoms with Crippen LogP contribution in [0.4, 0.5) is 0 Å². The Kier molecular flexibility index (Phi) is 5.80. The van der Waals surface area contributed by atoms with Crippen molar-refractivity contribution in [1.82, 2.24) is 5.32 Å². The summed E-state index contributed by atoms with van der Waals surface area (Å²) in [6.07, 6.45) is 0.306. The molecule has 3 heteroatoms. The van der Waals surface area contributed by atoms with E-state index in [2.05, 4.69) is 18.3 Å². The predicted octanol–water partition coefficient (Wildman–Crippen LogP) is 4.34. The Balaban J connectivity index is 2.01. The molecule has 23 heavy (non-hydrogen) atoms. The number of aryl methyl sites for hydroxylation is 2. The van der Waals surface area contributed by atoms with Crippen LogP contribution < -0.4 is 10.1 Å². The number of amides is 1. The van der Waals surface area contributed by atoms with E-state index < -0.39 is 6.10 Å². The maximum atomic E-state index is 12.4. The molecule has 2 aromatic rings. The van der Waals surface area contributed by atoms with Gasteiger partial charge >= 0.3 is 0 Å². The molecule has 2 unspecified atom stereocenters. The molecule has 0 heterocycles. The summed E-state index contributed by atoms with van der Waals surface area (Å²) in [6, 6.07) is 16.0. The van der Waals surface area contributed by atoms with Crippen molar-refractivity contribution in [3.05, 3.63) is 65.2 Å². The van der Waals surface area contributed by atoms with Crippen molar-refractivity contribution in [2.45, 2.75) is 46.3 Å². The summed E-state index contributed by atoms with van der Waals surface area (Å²) in [5.41, 5.74) is 3.34. The fourth-order valence-electron chi connectivity index (χ4n) is 2.57. The number of carbonyl (C=O) groups is 1. The summed E-state index contributed by atoms with van der Waals surface area (Å²) in [5.74, 6) is 0.659. The summed E-state index contributed by atoms with van der Waals surface area (Å²) < 4.78 is 5.83. The molecule has 2 aromatic carbocycles. The first kappa shape index (κ1) is 17.1. The third-order valence-electron chi connectivity index (χ3n) is 3.93. The van der Waals surface area contributed by atoms with E-state index in [0.29, 0.717) is 0 Å². The highest BCUT2D eigenvalue weighted by molar-refractivity contribution is 5.81. The van der Waals surface area contributed by atoms with Crippen LogP contribution in [0.15, 0.2) is 48.5 Å². The summed E-state index contributed by atoms with van der Waals surface area (Å²) >= 11 is 0. The van der Waals surface area contributed by atoms with E-state index >= 15 is 0 Å². The number of carbonyl (C=O) groups excluding carboxylic acids is 1. The first-order valence-electron chi connectivity index (χ1n) is 8.10. The predicted molar refractivity (Wildman–Crippen MR) is 93.6 cm³/mol. The molecule has 0 saturated carbocycles. The van der Waals surface area contributed by atoms with Crippen LogP contribution in [0.1, 0.15) is 43.0 Å². The number of nitrogens with one attached hydrogen (secondary N) is 1. The van der Waals surface area contributed by atoms with E-state index in [1.54, 1.807) is 6.92 Å². The van der Waals surface area contributed by atoms with Gasteiger partial charge in [0.05, 0.1) is 6.04 Å². The van der Waals surface area contributed by atoms with Crippen molar-refractivity contribution in [3.63, 3.8) is 0 Å². The van der Waals surface area contributed by atoms with Crippen molar-refractivity contribution in [3.8, 4) is 5.75 Å². The number of benzene rings is 2. The molecule has 1 N–H and O–H groups in total. The third-order valence-corrected chi connectivity index (χ3v) is 3.93. The molecule has 2 atom stereocenters. The number of rotatable bonds is 6. The van der Waals surface area contributed by atoms with E-state index in [1.807, 2.05) is 56.3 Å². The lowest BCUT2D eigenvalue weighted by molar-refractivity contribution is -0.128. The minimum Gasteiger partial charge on any atom is -0.481 e. The molecule has 0 fully saturated rings. The molecule has 0 spiro atoms. The summed E-state index contributed by atoms with van der Waals surface area (Å²) in [4.78, 5) is 12.4. The molecule has 0 bridgehead atoms. The maximum absolute atomic E-state index is 12.4. The first-order chi connectivity index (χ1) is 11.0. The second-order valence-corrected chi connectivity index (χ2v) is 5.91. The molecule has 3 nitrogen and oxygen atoms in total. The minimum atomic E-state index is -0.533. The van der Waals surface area contributed by atoms with E-state index in [0.717, 1.165) is 23.3 Å². The van der Waals surface area contributed by atoms with Crippen LogP contribution in [-0.4, -0.2) is 12.0 Å². The average molecular weight is 311 g/mol. The van der Waals surface area contributed by atoms with Gasteiger partial charge < -0.3 is 10.1 Å². The normalized spacial score (nSPS) is 13.2. The van der Waals surface area contributed by atoms with Crippen LogP contribution in [0.25, 0.3) is 0 Å². The second kappa shape index (κ2) is 7.82. The maximum Gasteiger partial charge on any atom is 0.261 e. The van der Waals surface area contributed by atoms with Gasteiger partial charge in [0.15, 0.2) is 6.10 Å². The van der Waals surface area contributed by atoms with Crippen LogP contribution in [-0.2, 0) is 4.79 Å². The van der Waals surface area contributed by atoms with Gasteiger partial charge in [-0.15, -0.1) is 0 Å². The minimum absolute atomic E-state index is 0.00821. The van der Waals surface area contributed by atoms with Gasteiger partial charge in [0.2, 0.25) is 0 Å². The number of hydrogen-bond acceptors (Lipinski definition) is 2. The van der Waals surface area contributed by atoms with Crippen LogP contribution in [0.3, 0.4) is 0 Å². The Bertz CT molecular complexity index is 652. The van der Waals surface area contributed by atoms with E-state index in [4.69, 9.17) is 4.74 Å². The summed E-state index contributed by atoms with van der Waals surface area (Å²) in [6.45, 7) is 7.88. The van der Waals surface area contributed by atoms with Crippen molar-refractivity contribution >= 4 is 5.91 Å². The molecule has 0 aromatic heterocycles. The van der Waals surface area contributed by atoms with E-state index in [-0.39, 0.29) is 11.9 Å². The SMILES string of the molecule is CCC(NC(=O)C(C)Oc1ccc(C)cc1C)c1ccccc1. The van der Waals surface area contributed by atoms with Crippen molar-refractivity contribution in [2.75, 3.05) is 0 Å². The van der Waals surface area contributed by atoms with Gasteiger partial charge in [0.25, 0.3) is 5.91 Å². The van der Waals surface area contributed by atoms with Crippen LogP contribution in [0.5, 0.6) is 5.75 Å². The smallest absolute Gasteiger partial charge is 0.261 e. The Hall–Kier alpha value is -2.29. The topological polar surface area (TPSA) is 38.3 Å². The highest BCUT2D eigenvalue weighted by atomic mass is 16.5. The molecule has 0 radical (unpaired) electrons. The molecule has 1 amide bonds. The zero-order valence-electron chi connectivity index (χ0n) is 14.3. The fraction of sp³-hybridized carbons (Fsp3) is 0.350. The molecule has 0 aliphatic heterocycles. The Morgan fingerprint density at radius 1 is 1.13 bits per heavy atom. The van der Waals surface area contributed by atoms with Crippen molar-refractivity contribution in [2.24, 2.45) is 0 Å². The van der Waals surface area contributed by atoms with Gasteiger partial charge in [-0.05, 0) is 44.4 Å². The van der Waals surface area contributed by atoms with Gasteiger partial charge in [0.1, 0.15) is 5.75 Å². The Labute approximate surface area is 138 Å². The molecular formula is C20H25NO2. The second-order valence-electron chi connectivity index (χ2n) is 5.91. The summed E-state index contributed by atoms with van der Waals surface area (Å²) in [5, 5.41) is 3.07. The van der Waals surface area contributed by atoms with Crippen LogP contribution in [0, 0.1) is 13.8 Å². The zero-order chi connectivity index (χ0) is 16.8. The lowest BCUT2D eigenvalue weighted by atomic mass is 10.0. The third kappa shape index (κ3) is 4.59. The average Bonchev–Trinajstić information content (AvgIpc) is 2.55. The van der Waals surface area contributed by atoms with Crippen molar-refractivity contribution < 1.29 is 9.53 Å². The largest absolute Gasteiger partial charge is 0.481 e. The van der Waals surface area contributed by atoms with Crippen LogP contribution >= 0.6 is 0 Å². The molecule has 122 valence electrons. The quantitative estimate of drug-likeness (QED) is 0.862. The standard InChI is InChI=1S/C20H25NO2/c1-5-18(17-9-7-6-8-10-17)21-20(22)16(4)23-19-12-11-14(2)13-15(19)3/h6-13,16,18H,5H2,1-4H3,(H,21,22). The first-order valence-corrected chi connectivity index (χ1v) is 8.10. The van der Waals surface area contributed by atoms with Gasteiger partial charge in [-0.1, -0.05) is 55.0 Å². The van der Waals surface area contributed by atoms with Gasteiger partial charge in [-0.25, -0.2) is 0 Å². The molecule has 0 saturated heterocycles.